The highest BCUT2D eigenvalue weighted by Gasteiger charge is 2.09. The molecule has 0 aliphatic carbocycles. The van der Waals surface area contributed by atoms with E-state index in [9.17, 15) is 4.79 Å². The van der Waals surface area contributed by atoms with Crippen LogP contribution in [0.1, 0.15) is 24.2 Å². The number of hydrogen-bond donors (Lipinski definition) is 1. The average Bonchev–Trinajstić information content (AvgIpc) is 2.43. The Kier molecular flexibility index (Phi) is 5.04. The molecule has 0 radical (unpaired) electrons. The highest BCUT2D eigenvalue weighted by atomic mass is 35.5. The molecule has 4 nitrogen and oxygen atoms in total. The van der Waals surface area contributed by atoms with Crippen LogP contribution < -0.4 is 10.1 Å². The molecule has 1 aromatic carbocycles. The molecule has 6 heteroatoms. The number of carbonyl (C=O) groups is 1. The van der Waals surface area contributed by atoms with Gasteiger partial charge in [0.2, 0.25) is 0 Å². The van der Waals surface area contributed by atoms with Crippen molar-refractivity contribution in [3.63, 3.8) is 0 Å². The molecule has 0 saturated carbocycles. The minimum atomic E-state index is -0.307. The Hall–Kier alpha value is -1.78. The molecule has 1 heterocycles. The van der Waals surface area contributed by atoms with E-state index in [0.717, 1.165) is 5.75 Å². The molecule has 0 saturated heterocycles. The zero-order chi connectivity index (χ0) is 15.4. The largest absolute Gasteiger partial charge is 0.491 e. The molecule has 1 N–H and O–H groups in total. The van der Waals surface area contributed by atoms with E-state index in [2.05, 4.69) is 10.3 Å². The van der Waals surface area contributed by atoms with Crippen molar-refractivity contribution in [1.29, 1.82) is 0 Å². The van der Waals surface area contributed by atoms with Crippen LogP contribution in [0.5, 0.6) is 5.75 Å². The number of rotatable bonds is 4. The maximum Gasteiger partial charge on any atom is 0.257 e. The molecule has 0 fully saturated rings. The van der Waals surface area contributed by atoms with E-state index in [1.807, 2.05) is 13.8 Å². The van der Waals surface area contributed by atoms with Gasteiger partial charge in [0.25, 0.3) is 5.91 Å². The first-order valence-electron chi connectivity index (χ1n) is 6.35. The van der Waals surface area contributed by atoms with Crippen molar-refractivity contribution in [2.75, 3.05) is 5.32 Å². The molecule has 0 atom stereocenters. The summed E-state index contributed by atoms with van der Waals surface area (Å²) in [6.45, 7) is 3.90. The number of aromatic nitrogens is 1. The van der Waals surface area contributed by atoms with Gasteiger partial charge in [0.1, 0.15) is 10.9 Å². The Balaban J connectivity index is 2.06. The van der Waals surface area contributed by atoms with Crippen molar-refractivity contribution in [2.45, 2.75) is 20.0 Å². The van der Waals surface area contributed by atoms with Crippen LogP contribution >= 0.6 is 23.2 Å². The van der Waals surface area contributed by atoms with Gasteiger partial charge in [0.05, 0.1) is 16.7 Å². The van der Waals surface area contributed by atoms with E-state index in [1.165, 1.54) is 12.3 Å². The number of nitrogens with one attached hydrogen (secondary N) is 1. The second-order valence-corrected chi connectivity index (χ2v) is 5.41. The highest BCUT2D eigenvalue weighted by Crippen LogP contribution is 2.21. The summed E-state index contributed by atoms with van der Waals surface area (Å²) < 4.78 is 5.53. The van der Waals surface area contributed by atoms with Gasteiger partial charge in [-0.15, -0.1) is 0 Å². The monoisotopic (exact) mass is 324 g/mol. The highest BCUT2D eigenvalue weighted by molar-refractivity contribution is 6.41. The summed E-state index contributed by atoms with van der Waals surface area (Å²) in [5.41, 5.74) is 0.995. The van der Waals surface area contributed by atoms with Crippen LogP contribution in [0.25, 0.3) is 0 Å². The molecule has 0 unspecified atom stereocenters. The summed E-state index contributed by atoms with van der Waals surface area (Å²) in [5.74, 6) is 0.442. The molecule has 2 aromatic rings. The third-order valence-corrected chi connectivity index (χ3v) is 3.23. The molecular weight excluding hydrogens is 311 g/mol. The SMILES string of the molecule is CC(C)Oc1ccc(NC(=O)c2cnc(Cl)c(Cl)c2)cc1. The molecule has 0 bridgehead atoms. The van der Waals surface area contributed by atoms with Gasteiger partial charge < -0.3 is 10.1 Å². The Morgan fingerprint density at radius 3 is 2.48 bits per heavy atom. The molecular formula is C15H14Cl2N2O2. The van der Waals surface area contributed by atoms with Crippen molar-refractivity contribution >= 4 is 34.8 Å². The number of ether oxygens (including phenoxy) is 1. The first-order valence-corrected chi connectivity index (χ1v) is 7.10. The second-order valence-electron chi connectivity index (χ2n) is 4.64. The van der Waals surface area contributed by atoms with Gasteiger partial charge in [0.15, 0.2) is 0 Å². The number of carbonyl (C=O) groups excluding carboxylic acids is 1. The number of pyridine rings is 1. The van der Waals surface area contributed by atoms with Crippen molar-refractivity contribution in [3.8, 4) is 5.75 Å². The molecule has 2 rings (SSSR count). The van der Waals surface area contributed by atoms with E-state index in [1.54, 1.807) is 24.3 Å². The minimum Gasteiger partial charge on any atom is -0.491 e. The molecule has 1 aromatic heterocycles. The summed E-state index contributed by atoms with van der Waals surface area (Å²) in [6, 6.07) is 8.59. The summed E-state index contributed by atoms with van der Waals surface area (Å²) in [4.78, 5) is 15.9. The van der Waals surface area contributed by atoms with Crippen molar-refractivity contribution < 1.29 is 9.53 Å². The smallest absolute Gasteiger partial charge is 0.257 e. The number of hydrogen-bond acceptors (Lipinski definition) is 3. The van der Waals surface area contributed by atoms with Crippen LogP contribution in [0.15, 0.2) is 36.5 Å². The lowest BCUT2D eigenvalue weighted by Crippen LogP contribution is -2.12. The second kappa shape index (κ2) is 6.78. The van der Waals surface area contributed by atoms with Crippen molar-refractivity contribution in [1.82, 2.24) is 4.98 Å². The summed E-state index contributed by atoms with van der Waals surface area (Å²) in [5, 5.41) is 3.16. The Morgan fingerprint density at radius 1 is 1.24 bits per heavy atom. The van der Waals surface area contributed by atoms with Gasteiger partial charge >= 0.3 is 0 Å². The lowest BCUT2D eigenvalue weighted by Gasteiger charge is -2.10. The summed E-state index contributed by atoms with van der Waals surface area (Å²) >= 11 is 11.6. The topological polar surface area (TPSA) is 51.2 Å². The van der Waals surface area contributed by atoms with E-state index < -0.39 is 0 Å². The fourth-order valence-corrected chi connectivity index (χ4v) is 1.91. The predicted octanol–water partition coefficient (Wildman–Crippen LogP) is 4.43. The maximum absolute atomic E-state index is 12.1. The zero-order valence-electron chi connectivity index (χ0n) is 11.6. The van der Waals surface area contributed by atoms with Gasteiger partial charge in [-0.3, -0.25) is 4.79 Å². The minimum absolute atomic E-state index is 0.104. The maximum atomic E-state index is 12.1. The molecule has 0 aliphatic heterocycles. The number of halogens is 2. The quantitative estimate of drug-likeness (QED) is 0.846. The Morgan fingerprint density at radius 2 is 1.90 bits per heavy atom. The normalized spacial score (nSPS) is 10.5. The molecule has 110 valence electrons. The fraction of sp³-hybridized carbons (Fsp3) is 0.200. The van der Waals surface area contributed by atoms with Crippen LogP contribution in [0, 0.1) is 0 Å². The zero-order valence-corrected chi connectivity index (χ0v) is 13.1. The third kappa shape index (κ3) is 4.34. The Labute approximate surface area is 133 Å². The van der Waals surface area contributed by atoms with Gasteiger partial charge in [-0.25, -0.2) is 4.98 Å². The number of benzene rings is 1. The summed E-state index contributed by atoms with van der Waals surface area (Å²) in [7, 11) is 0. The third-order valence-electron chi connectivity index (χ3n) is 2.54. The first kappa shape index (κ1) is 15.6. The van der Waals surface area contributed by atoms with Gasteiger partial charge in [-0.2, -0.15) is 0 Å². The number of anilines is 1. The average molecular weight is 325 g/mol. The van der Waals surface area contributed by atoms with Crippen LogP contribution in [-0.2, 0) is 0 Å². The molecule has 21 heavy (non-hydrogen) atoms. The van der Waals surface area contributed by atoms with E-state index in [-0.39, 0.29) is 22.2 Å². The van der Waals surface area contributed by atoms with E-state index in [0.29, 0.717) is 11.3 Å². The van der Waals surface area contributed by atoms with Crippen LogP contribution in [-0.4, -0.2) is 17.0 Å². The predicted molar refractivity (Wildman–Crippen MR) is 84.4 cm³/mol. The standard InChI is InChI=1S/C15H14Cl2N2O2/c1-9(2)21-12-5-3-11(4-6-12)19-15(20)10-7-13(16)14(17)18-8-10/h3-9H,1-2H3,(H,19,20). The lowest BCUT2D eigenvalue weighted by atomic mass is 10.2. The van der Waals surface area contributed by atoms with Crippen LogP contribution in [0.2, 0.25) is 10.2 Å². The van der Waals surface area contributed by atoms with Crippen LogP contribution in [0.3, 0.4) is 0 Å². The summed E-state index contributed by atoms with van der Waals surface area (Å²) in [6.07, 6.45) is 1.48. The van der Waals surface area contributed by atoms with Gasteiger partial charge in [-0.1, -0.05) is 23.2 Å². The fourth-order valence-electron chi connectivity index (χ4n) is 1.64. The molecule has 0 aliphatic rings. The van der Waals surface area contributed by atoms with Crippen molar-refractivity contribution in [3.05, 3.63) is 52.3 Å². The van der Waals surface area contributed by atoms with E-state index in [4.69, 9.17) is 27.9 Å². The first-order chi connectivity index (χ1) is 9.95. The van der Waals surface area contributed by atoms with Gasteiger partial charge in [0, 0.05) is 11.9 Å². The number of nitrogens with zero attached hydrogens (tertiary/aromatic N) is 1. The molecule has 1 amide bonds. The van der Waals surface area contributed by atoms with Crippen molar-refractivity contribution in [2.24, 2.45) is 0 Å². The van der Waals surface area contributed by atoms with Gasteiger partial charge in [-0.05, 0) is 44.2 Å². The van der Waals surface area contributed by atoms with Crippen LogP contribution in [0.4, 0.5) is 5.69 Å². The lowest BCUT2D eigenvalue weighted by molar-refractivity contribution is 0.102. The molecule has 0 spiro atoms. The van der Waals surface area contributed by atoms with E-state index >= 15 is 0 Å². The Bertz CT molecular complexity index is 643. The number of amides is 1.